The molecule has 178 valence electrons. The number of hydrogen-bond donors (Lipinski definition) is 1. The summed E-state index contributed by atoms with van der Waals surface area (Å²) in [5.74, 6) is -3.78. The van der Waals surface area contributed by atoms with Crippen molar-refractivity contribution in [1.82, 2.24) is 0 Å². The van der Waals surface area contributed by atoms with Crippen molar-refractivity contribution >= 4 is 57.6 Å². The summed E-state index contributed by atoms with van der Waals surface area (Å²) in [4.78, 5) is 23.5. The van der Waals surface area contributed by atoms with Gasteiger partial charge in [-0.05, 0) is 49.2 Å². The van der Waals surface area contributed by atoms with Crippen LogP contribution >= 0.6 is 22.9 Å². The Morgan fingerprint density at radius 2 is 1.91 bits per heavy atom. The number of rotatable bonds is 6. The SMILES string of the molecule is CC1(C)CB(c2ccc(Cl)c3c(COc4c(F)cc(C(N)=O)cc4F)c(C=O)sc23)OC1(C)C. The Kier molecular flexibility index (Phi) is 6.25. The molecule has 1 saturated heterocycles. The van der Waals surface area contributed by atoms with Gasteiger partial charge in [0.05, 0.1) is 10.5 Å². The van der Waals surface area contributed by atoms with E-state index >= 15 is 0 Å². The van der Waals surface area contributed by atoms with Gasteiger partial charge in [0.15, 0.2) is 23.7 Å². The van der Waals surface area contributed by atoms with E-state index in [-0.39, 0.29) is 30.1 Å². The molecular weight excluding hydrogens is 483 g/mol. The first-order valence-corrected chi connectivity index (χ1v) is 11.8. The molecule has 0 saturated carbocycles. The number of carbonyl (C=O) groups is 2. The van der Waals surface area contributed by atoms with Crippen LogP contribution in [0.1, 0.15) is 53.3 Å². The van der Waals surface area contributed by atoms with E-state index < -0.39 is 23.3 Å². The van der Waals surface area contributed by atoms with Crippen LogP contribution in [0.3, 0.4) is 0 Å². The minimum absolute atomic E-state index is 0.0769. The van der Waals surface area contributed by atoms with Gasteiger partial charge in [-0.1, -0.05) is 31.5 Å². The standard InChI is InChI=1S/C24H23BClF2NO4S/c1-23(2)11-25(33-24(23,3)4)14-5-6-15(26)19-13(18(9-30)34-21(14)19)10-32-20-16(27)7-12(22(29)31)8-17(20)28/h5-9H,10-11H2,1-4H3,(H2,29,31). The summed E-state index contributed by atoms with van der Waals surface area (Å²) in [6.07, 6.45) is 1.45. The third-order valence-electron chi connectivity index (χ3n) is 6.81. The van der Waals surface area contributed by atoms with E-state index in [9.17, 15) is 18.4 Å². The van der Waals surface area contributed by atoms with Crippen molar-refractivity contribution in [1.29, 1.82) is 0 Å². The number of ether oxygens (including phenoxy) is 1. The summed E-state index contributed by atoms with van der Waals surface area (Å²) in [7, 11) is 0. The summed E-state index contributed by atoms with van der Waals surface area (Å²) < 4.78 is 41.4. The van der Waals surface area contributed by atoms with Gasteiger partial charge in [-0.25, -0.2) is 8.78 Å². The molecular formula is C24H23BClF2NO4S. The highest BCUT2D eigenvalue weighted by molar-refractivity contribution is 7.22. The van der Waals surface area contributed by atoms with Gasteiger partial charge in [0, 0.05) is 26.2 Å². The highest BCUT2D eigenvalue weighted by Gasteiger charge is 2.50. The Hall–Kier alpha value is -2.49. The van der Waals surface area contributed by atoms with Crippen molar-refractivity contribution in [2.75, 3.05) is 0 Å². The smallest absolute Gasteiger partial charge is 0.329 e. The van der Waals surface area contributed by atoms with E-state index in [0.29, 0.717) is 27.1 Å². The second kappa shape index (κ2) is 8.63. The van der Waals surface area contributed by atoms with Crippen LogP contribution in [0.25, 0.3) is 10.1 Å². The zero-order valence-corrected chi connectivity index (χ0v) is 20.7. The van der Waals surface area contributed by atoms with Crippen LogP contribution < -0.4 is 15.9 Å². The Morgan fingerprint density at radius 1 is 1.26 bits per heavy atom. The molecule has 4 rings (SSSR count). The van der Waals surface area contributed by atoms with Gasteiger partial charge in [0.25, 0.3) is 0 Å². The molecule has 2 N–H and O–H groups in total. The Balaban J connectivity index is 1.75. The number of primary amides is 1. The summed E-state index contributed by atoms with van der Waals surface area (Å²) >= 11 is 7.76. The highest BCUT2D eigenvalue weighted by Crippen LogP contribution is 2.46. The van der Waals surface area contributed by atoms with E-state index in [2.05, 4.69) is 27.7 Å². The molecule has 3 aromatic rings. The van der Waals surface area contributed by atoms with Crippen molar-refractivity contribution in [3.05, 3.63) is 56.9 Å². The maximum absolute atomic E-state index is 14.4. The number of benzene rings is 2. The number of halogens is 3. The zero-order chi connectivity index (χ0) is 25.0. The molecule has 2 heterocycles. The van der Waals surface area contributed by atoms with E-state index in [1.807, 2.05) is 6.07 Å². The first-order valence-electron chi connectivity index (χ1n) is 10.6. The highest BCUT2D eigenvalue weighted by atomic mass is 35.5. The number of hydrogen-bond acceptors (Lipinski definition) is 5. The molecule has 0 atom stereocenters. The lowest BCUT2D eigenvalue weighted by atomic mass is 9.54. The molecule has 0 radical (unpaired) electrons. The molecule has 2 aromatic carbocycles. The van der Waals surface area contributed by atoms with Crippen molar-refractivity contribution in [3.63, 3.8) is 0 Å². The second-order valence-corrected chi connectivity index (χ2v) is 11.0. The van der Waals surface area contributed by atoms with Crippen molar-refractivity contribution in [2.45, 2.75) is 46.2 Å². The second-order valence-electron chi connectivity index (χ2n) is 9.53. The van der Waals surface area contributed by atoms with E-state index in [0.717, 1.165) is 28.6 Å². The third kappa shape index (κ3) is 4.10. The normalized spacial score (nSPS) is 16.7. The number of aldehydes is 1. The van der Waals surface area contributed by atoms with Crippen LogP contribution in [0.2, 0.25) is 11.3 Å². The van der Waals surface area contributed by atoms with Gasteiger partial charge in [-0.3, -0.25) is 9.59 Å². The molecule has 0 aliphatic carbocycles. The quantitative estimate of drug-likeness (QED) is 0.361. The number of fused-ring (bicyclic) bond motifs is 1. The van der Waals surface area contributed by atoms with Gasteiger partial charge >= 0.3 is 6.92 Å². The fourth-order valence-corrected chi connectivity index (χ4v) is 5.71. The lowest BCUT2D eigenvalue weighted by Crippen LogP contribution is -2.36. The Morgan fingerprint density at radius 3 is 2.44 bits per heavy atom. The average Bonchev–Trinajstić information content (AvgIpc) is 3.21. The minimum atomic E-state index is -1.07. The monoisotopic (exact) mass is 505 g/mol. The number of carbonyl (C=O) groups excluding carboxylic acids is 2. The topological polar surface area (TPSA) is 78.6 Å². The van der Waals surface area contributed by atoms with E-state index in [1.54, 1.807) is 6.07 Å². The Labute approximate surface area is 205 Å². The molecule has 34 heavy (non-hydrogen) atoms. The fourth-order valence-electron chi connectivity index (χ4n) is 4.18. The lowest BCUT2D eigenvalue weighted by Gasteiger charge is -2.34. The van der Waals surface area contributed by atoms with Crippen LogP contribution in [-0.2, 0) is 11.3 Å². The minimum Gasteiger partial charge on any atom is -0.483 e. The summed E-state index contributed by atoms with van der Waals surface area (Å²) in [6, 6.07) is 5.23. The molecule has 10 heteroatoms. The number of thiophene rings is 1. The molecule has 0 spiro atoms. The van der Waals surface area contributed by atoms with Gasteiger partial charge < -0.3 is 15.1 Å². The van der Waals surface area contributed by atoms with Gasteiger partial charge in [-0.2, -0.15) is 0 Å². The van der Waals surface area contributed by atoms with Gasteiger partial charge in [-0.15, -0.1) is 11.3 Å². The maximum atomic E-state index is 14.4. The Bertz CT molecular complexity index is 1290. The molecule has 5 nitrogen and oxygen atoms in total. The molecule has 0 bridgehead atoms. The molecule has 1 aliphatic rings. The van der Waals surface area contributed by atoms with Gasteiger partial charge in [0.2, 0.25) is 5.91 Å². The molecule has 0 unspecified atom stereocenters. The molecule has 1 amide bonds. The number of nitrogens with two attached hydrogens (primary N) is 1. The van der Waals surface area contributed by atoms with Crippen LogP contribution in [-0.4, -0.2) is 24.7 Å². The maximum Gasteiger partial charge on any atom is 0.329 e. The number of amides is 1. The molecule has 1 aromatic heterocycles. The predicted octanol–water partition coefficient (Wildman–Crippen LogP) is 5.36. The predicted molar refractivity (Wildman–Crippen MR) is 131 cm³/mol. The van der Waals surface area contributed by atoms with Gasteiger partial charge in [0.1, 0.15) is 6.61 Å². The average molecular weight is 506 g/mol. The van der Waals surface area contributed by atoms with Crippen molar-refractivity contribution in [3.8, 4) is 5.75 Å². The first kappa shape index (κ1) is 24.6. The summed E-state index contributed by atoms with van der Waals surface area (Å²) in [6.45, 7) is 7.90. The molecule has 1 aliphatic heterocycles. The lowest BCUT2D eigenvalue weighted by molar-refractivity contribution is 0.0376. The van der Waals surface area contributed by atoms with Crippen LogP contribution in [0, 0.1) is 17.0 Å². The molecule has 1 fully saturated rings. The fraction of sp³-hybridized carbons (Fsp3) is 0.333. The zero-order valence-electron chi connectivity index (χ0n) is 19.1. The van der Waals surface area contributed by atoms with Crippen LogP contribution in [0.15, 0.2) is 24.3 Å². The van der Waals surface area contributed by atoms with Crippen LogP contribution in [0.5, 0.6) is 5.75 Å². The summed E-state index contributed by atoms with van der Waals surface area (Å²) in [5, 5.41) is 0.982. The first-order chi connectivity index (χ1) is 15.9. The van der Waals surface area contributed by atoms with E-state index in [1.165, 1.54) is 11.3 Å². The third-order valence-corrected chi connectivity index (χ3v) is 8.33. The van der Waals surface area contributed by atoms with Crippen molar-refractivity contribution in [2.24, 2.45) is 11.1 Å². The van der Waals surface area contributed by atoms with Crippen LogP contribution in [0.4, 0.5) is 8.78 Å². The summed E-state index contributed by atoms with van der Waals surface area (Å²) in [5.41, 5.74) is 5.68. The largest absolute Gasteiger partial charge is 0.483 e. The van der Waals surface area contributed by atoms with Crippen molar-refractivity contribution < 1.29 is 27.8 Å². The van der Waals surface area contributed by atoms with E-state index in [4.69, 9.17) is 26.7 Å².